The minimum absolute atomic E-state index is 1.21. The van der Waals surface area contributed by atoms with Crippen molar-refractivity contribution < 1.29 is 0 Å². The maximum absolute atomic E-state index is 2.30. The van der Waals surface area contributed by atoms with Gasteiger partial charge in [-0.3, -0.25) is 0 Å². The molecule has 92 valence electrons. The fourth-order valence-corrected chi connectivity index (χ4v) is 1.82. The van der Waals surface area contributed by atoms with Crippen LogP contribution in [-0.2, 0) is 0 Å². The summed E-state index contributed by atoms with van der Waals surface area (Å²) in [6.07, 6.45) is 13.3. The van der Waals surface area contributed by atoms with E-state index in [1.165, 1.54) is 43.2 Å². The second kappa shape index (κ2) is 8.81. The molecule has 0 nitrogen and oxygen atoms in total. The molecule has 0 aromatic heterocycles. The second-order valence-corrected chi connectivity index (χ2v) is 4.55. The first-order chi connectivity index (χ1) is 8.33. The van der Waals surface area contributed by atoms with Crippen molar-refractivity contribution in [1.29, 1.82) is 0 Å². The molecule has 0 bridgehead atoms. The molecule has 0 aliphatic carbocycles. The van der Waals surface area contributed by atoms with E-state index in [0.717, 1.165) is 0 Å². The van der Waals surface area contributed by atoms with Crippen molar-refractivity contribution in [2.75, 3.05) is 0 Å². The molecule has 0 saturated heterocycles. The molecule has 1 rings (SSSR count). The van der Waals surface area contributed by atoms with Crippen LogP contribution in [0, 0.1) is 0 Å². The third-order valence-electron chi connectivity index (χ3n) is 2.80. The van der Waals surface area contributed by atoms with E-state index >= 15 is 0 Å². The van der Waals surface area contributed by atoms with Crippen LogP contribution in [0.2, 0.25) is 0 Å². The van der Waals surface area contributed by atoms with Gasteiger partial charge in [-0.2, -0.15) is 0 Å². The summed E-state index contributed by atoms with van der Waals surface area (Å²) < 4.78 is 0. The molecule has 0 N–H and O–H groups in total. The Kier molecular flexibility index (Phi) is 7.13. The van der Waals surface area contributed by atoms with Gasteiger partial charge in [-0.1, -0.05) is 80.3 Å². The second-order valence-electron chi connectivity index (χ2n) is 4.55. The highest BCUT2D eigenvalue weighted by Gasteiger charge is 1.87. The van der Waals surface area contributed by atoms with Crippen molar-refractivity contribution in [3.63, 3.8) is 0 Å². The Labute approximate surface area is 106 Å². The number of benzene rings is 1. The fraction of sp³-hybridized carbons (Fsp3) is 0.412. The summed E-state index contributed by atoms with van der Waals surface area (Å²) in [5.74, 6) is 0. The van der Waals surface area contributed by atoms with Gasteiger partial charge >= 0.3 is 0 Å². The van der Waals surface area contributed by atoms with E-state index in [4.69, 9.17) is 0 Å². The van der Waals surface area contributed by atoms with Gasteiger partial charge in [0.2, 0.25) is 0 Å². The van der Waals surface area contributed by atoms with Crippen molar-refractivity contribution in [2.24, 2.45) is 0 Å². The van der Waals surface area contributed by atoms with Crippen LogP contribution in [0.25, 0.3) is 6.08 Å². The van der Waals surface area contributed by atoms with Gasteiger partial charge in [0, 0.05) is 0 Å². The molecule has 1 aromatic rings. The topological polar surface area (TPSA) is 0 Å². The normalized spacial score (nSPS) is 12.2. The predicted octanol–water partition coefficient (Wildman–Crippen LogP) is 5.62. The first-order valence-corrected chi connectivity index (χ1v) is 6.73. The molecular formula is C17H24. The smallest absolute Gasteiger partial charge is 0.0254 e. The third kappa shape index (κ3) is 6.78. The molecule has 0 amide bonds. The summed E-state index contributed by atoms with van der Waals surface area (Å²) >= 11 is 0. The molecule has 0 radical (unpaired) electrons. The zero-order valence-corrected chi connectivity index (χ0v) is 11.2. The van der Waals surface area contributed by atoms with Crippen LogP contribution in [0.1, 0.15) is 51.5 Å². The summed E-state index contributed by atoms with van der Waals surface area (Å²) in [4.78, 5) is 0. The number of hydrogen-bond acceptors (Lipinski definition) is 0. The molecule has 0 heterocycles. The number of allylic oxidation sites excluding steroid dienone is 3. The highest BCUT2D eigenvalue weighted by molar-refractivity contribution is 5.54. The predicted molar refractivity (Wildman–Crippen MR) is 78.0 cm³/mol. The summed E-state index contributed by atoms with van der Waals surface area (Å²) in [5.41, 5.74) is 2.60. The largest absolute Gasteiger partial charge is 0.0843 e. The maximum atomic E-state index is 2.30. The van der Waals surface area contributed by atoms with Gasteiger partial charge < -0.3 is 0 Å². The van der Waals surface area contributed by atoms with E-state index in [1.54, 1.807) is 0 Å². The third-order valence-corrected chi connectivity index (χ3v) is 2.80. The van der Waals surface area contributed by atoms with E-state index in [9.17, 15) is 0 Å². The first-order valence-electron chi connectivity index (χ1n) is 6.73. The van der Waals surface area contributed by atoms with Crippen LogP contribution < -0.4 is 0 Å². The SMILES string of the molecule is CCCCCC/C=C/C(C)=C\c1ccccc1. The lowest BCUT2D eigenvalue weighted by Gasteiger charge is -1.96. The van der Waals surface area contributed by atoms with Crippen molar-refractivity contribution in [3.05, 3.63) is 53.6 Å². The lowest BCUT2D eigenvalue weighted by molar-refractivity contribution is 0.674. The zero-order valence-electron chi connectivity index (χ0n) is 11.2. The van der Waals surface area contributed by atoms with Crippen LogP contribution in [-0.4, -0.2) is 0 Å². The number of hydrogen-bond donors (Lipinski definition) is 0. The highest BCUT2D eigenvalue weighted by Crippen LogP contribution is 2.08. The fourth-order valence-electron chi connectivity index (χ4n) is 1.82. The standard InChI is InChI=1S/C17H24/c1-3-4-5-6-7-9-12-16(2)15-17-13-10-8-11-14-17/h8-15H,3-7H2,1-2H3/b12-9+,16-15-. The zero-order chi connectivity index (χ0) is 12.3. The molecule has 0 saturated carbocycles. The van der Waals surface area contributed by atoms with Crippen LogP contribution >= 0.6 is 0 Å². The molecule has 0 aliphatic heterocycles. The Morgan fingerprint density at radius 2 is 1.82 bits per heavy atom. The Bertz CT molecular complexity index is 344. The molecule has 0 heteroatoms. The highest BCUT2D eigenvalue weighted by atomic mass is 13.9. The van der Waals surface area contributed by atoms with Gasteiger partial charge in [0.1, 0.15) is 0 Å². The Morgan fingerprint density at radius 3 is 2.53 bits per heavy atom. The van der Waals surface area contributed by atoms with Crippen molar-refractivity contribution in [3.8, 4) is 0 Å². The average molecular weight is 228 g/mol. The van der Waals surface area contributed by atoms with Gasteiger partial charge in [-0.05, 0) is 25.3 Å². The van der Waals surface area contributed by atoms with Gasteiger partial charge in [0.15, 0.2) is 0 Å². The lowest BCUT2D eigenvalue weighted by atomic mass is 10.1. The molecular weight excluding hydrogens is 204 g/mol. The van der Waals surface area contributed by atoms with Gasteiger partial charge in [-0.15, -0.1) is 0 Å². The molecule has 0 fully saturated rings. The molecule has 0 atom stereocenters. The molecule has 0 aliphatic rings. The summed E-state index contributed by atoms with van der Waals surface area (Å²) in [5, 5.41) is 0. The van der Waals surface area contributed by atoms with E-state index in [0.29, 0.717) is 0 Å². The van der Waals surface area contributed by atoms with Crippen LogP contribution in [0.3, 0.4) is 0 Å². The molecule has 0 spiro atoms. The maximum Gasteiger partial charge on any atom is -0.0254 e. The minimum Gasteiger partial charge on any atom is -0.0843 e. The quantitative estimate of drug-likeness (QED) is 0.420. The van der Waals surface area contributed by atoms with Crippen LogP contribution in [0.15, 0.2) is 48.1 Å². The number of unbranched alkanes of at least 4 members (excludes halogenated alkanes) is 4. The monoisotopic (exact) mass is 228 g/mol. The lowest BCUT2D eigenvalue weighted by Crippen LogP contribution is -1.75. The van der Waals surface area contributed by atoms with Gasteiger partial charge in [-0.25, -0.2) is 0 Å². The Morgan fingerprint density at radius 1 is 1.06 bits per heavy atom. The van der Waals surface area contributed by atoms with Crippen LogP contribution in [0.5, 0.6) is 0 Å². The van der Waals surface area contributed by atoms with E-state index in [1.807, 2.05) is 0 Å². The van der Waals surface area contributed by atoms with Crippen molar-refractivity contribution >= 4 is 6.08 Å². The first kappa shape index (κ1) is 13.8. The van der Waals surface area contributed by atoms with Crippen molar-refractivity contribution in [2.45, 2.75) is 46.0 Å². The van der Waals surface area contributed by atoms with E-state index in [-0.39, 0.29) is 0 Å². The van der Waals surface area contributed by atoms with Gasteiger partial charge in [0.05, 0.1) is 0 Å². The average Bonchev–Trinajstić information content (AvgIpc) is 2.35. The molecule has 1 aromatic carbocycles. The Hall–Kier alpha value is -1.30. The Balaban J connectivity index is 2.31. The summed E-state index contributed by atoms with van der Waals surface area (Å²) in [6.45, 7) is 4.41. The van der Waals surface area contributed by atoms with Crippen molar-refractivity contribution in [1.82, 2.24) is 0 Å². The summed E-state index contributed by atoms with van der Waals surface area (Å²) in [6, 6.07) is 10.5. The van der Waals surface area contributed by atoms with Crippen LogP contribution in [0.4, 0.5) is 0 Å². The minimum atomic E-state index is 1.21. The molecule has 17 heavy (non-hydrogen) atoms. The van der Waals surface area contributed by atoms with E-state index in [2.05, 4.69) is 62.4 Å². The van der Waals surface area contributed by atoms with Gasteiger partial charge in [0.25, 0.3) is 0 Å². The molecule has 0 unspecified atom stereocenters. The number of rotatable bonds is 7. The van der Waals surface area contributed by atoms with E-state index < -0.39 is 0 Å². The summed E-state index contributed by atoms with van der Waals surface area (Å²) in [7, 11) is 0.